The van der Waals surface area contributed by atoms with E-state index in [0.29, 0.717) is 32.0 Å². The predicted octanol–water partition coefficient (Wildman–Crippen LogP) is 2.75. The molecule has 0 saturated heterocycles. The number of amides is 1. The second-order valence-electron chi connectivity index (χ2n) is 6.82. The molecule has 25 heavy (non-hydrogen) atoms. The molecule has 2 rings (SSSR count). The van der Waals surface area contributed by atoms with Crippen molar-refractivity contribution >= 4 is 11.9 Å². The molecule has 0 heterocycles. The Kier molecular flexibility index (Phi) is 8.29. The van der Waals surface area contributed by atoms with Gasteiger partial charge in [0.15, 0.2) is 5.96 Å². The van der Waals surface area contributed by atoms with Crippen LogP contribution in [0.4, 0.5) is 0 Å². The van der Waals surface area contributed by atoms with Crippen molar-refractivity contribution in [2.75, 3.05) is 19.6 Å². The van der Waals surface area contributed by atoms with Crippen LogP contribution in [0.25, 0.3) is 0 Å². The van der Waals surface area contributed by atoms with Crippen LogP contribution in [0.15, 0.2) is 29.3 Å². The molecule has 0 atom stereocenters. The van der Waals surface area contributed by atoms with Gasteiger partial charge in [0.1, 0.15) is 0 Å². The lowest BCUT2D eigenvalue weighted by Gasteiger charge is -2.13. The SMILES string of the molecule is CCNC(=NCc1cccc(C)c1)NCCNC(=O)CC1CCCC1. The molecule has 138 valence electrons. The minimum absolute atomic E-state index is 0.176. The van der Waals surface area contributed by atoms with Crippen molar-refractivity contribution in [3.05, 3.63) is 35.4 Å². The van der Waals surface area contributed by atoms with E-state index in [9.17, 15) is 4.79 Å². The third kappa shape index (κ3) is 7.59. The van der Waals surface area contributed by atoms with Gasteiger partial charge in [0.25, 0.3) is 0 Å². The summed E-state index contributed by atoms with van der Waals surface area (Å²) in [5, 5.41) is 9.52. The van der Waals surface area contributed by atoms with Crippen molar-refractivity contribution < 1.29 is 4.79 Å². The number of aryl methyl sites for hydroxylation is 1. The molecule has 0 unspecified atom stereocenters. The third-order valence-electron chi connectivity index (χ3n) is 4.53. The first kappa shape index (κ1) is 19.3. The fourth-order valence-electron chi connectivity index (χ4n) is 3.25. The van der Waals surface area contributed by atoms with E-state index in [2.05, 4.69) is 52.1 Å². The van der Waals surface area contributed by atoms with Crippen LogP contribution in [0.1, 0.15) is 50.2 Å². The van der Waals surface area contributed by atoms with Gasteiger partial charge in [0.2, 0.25) is 5.91 Å². The van der Waals surface area contributed by atoms with E-state index in [1.807, 2.05) is 6.92 Å². The lowest BCUT2D eigenvalue weighted by molar-refractivity contribution is -0.121. The summed E-state index contributed by atoms with van der Waals surface area (Å²) in [6, 6.07) is 8.38. The molecule has 0 aromatic heterocycles. The van der Waals surface area contributed by atoms with E-state index in [1.54, 1.807) is 0 Å². The van der Waals surface area contributed by atoms with Crippen LogP contribution in [0, 0.1) is 12.8 Å². The quantitative estimate of drug-likeness (QED) is 0.386. The van der Waals surface area contributed by atoms with E-state index >= 15 is 0 Å². The summed E-state index contributed by atoms with van der Waals surface area (Å²) in [6.07, 6.45) is 5.66. The average Bonchev–Trinajstić information content (AvgIpc) is 3.09. The van der Waals surface area contributed by atoms with Crippen LogP contribution in [0.5, 0.6) is 0 Å². The summed E-state index contributed by atoms with van der Waals surface area (Å²) < 4.78 is 0. The molecule has 1 saturated carbocycles. The number of hydrogen-bond donors (Lipinski definition) is 3. The first-order chi connectivity index (χ1) is 12.2. The fraction of sp³-hybridized carbons (Fsp3) is 0.600. The second kappa shape index (κ2) is 10.7. The number of aliphatic imine (C=N–C) groups is 1. The Morgan fingerprint density at radius 1 is 1.16 bits per heavy atom. The molecule has 1 aromatic carbocycles. The van der Waals surface area contributed by atoms with Gasteiger partial charge in [-0.2, -0.15) is 0 Å². The van der Waals surface area contributed by atoms with Crippen molar-refractivity contribution in [2.45, 2.75) is 52.5 Å². The van der Waals surface area contributed by atoms with E-state index < -0.39 is 0 Å². The Labute approximate surface area is 151 Å². The average molecular weight is 345 g/mol. The Morgan fingerprint density at radius 2 is 1.92 bits per heavy atom. The fourth-order valence-corrected chi connectivity index (χ4v) is 3.25. The summed E-state index contributed by atoms with van der Waals surface area (Å²) in [7, 11) is 0. The zero-order valence-corrected chi connectivity index (χ0v) is 15.6. The van der Waals surface area contributed by atoms with Crippen molar-refractivity contribution in [1.82, 2.24) is 16.0 Å². The monoisotopic (exact) mass is 344 g/mol. The summed E-state index contributed by atoms with van der Waals surface area (Å²) in [5.41, 5.74) is 2.44. The van der Waals surface area contributed by atoms with Gasteiger partial charge in [0, 0.05) is 26.1 Å². The van der Waals surface area contributed by atoms with Gasteiger partial charge in [-0.25, -0.2) is 4.99 Å². The second-order valence-corrected chi connectivity index (χ2v) is 6.82. The molecule has 0 bridgehead atoms. The molecule has 0 spiro atoms. The van der Waals surface area contributed by atoms with Crippen molar-refractivity contribution in [1.29, 1.82) is 0 Å². The van der Waals surface area contributed by atoms with E-state index in [-0.39, 0.29) is 5.91 Å². The summed E-state index contributed by atoms with van der Waals surface area (Å²) in [5.74, 6) is 1.56. The lowest BCUT2D eigenvalue weighted by atomic mass is 10.0. The largest absolute Gasteiger partial charge is 0.357 e. The zero-order valence-electron chi connectivity index (χ0n) is 15.6. The molecule has 1 aliphatic rings. The Morgan fingerprint density at radius 3 is 2.64 bits per heavy atom. The maximum Gasteiger partial charge on any atom is 0.220 e. The van der Waals surface area contributed by atoms with E-state index in [4.69, 9.17) is 0 Å². The molecule has 0 aliphatic heterocycles. The number of carbonyl (C=O) groups is 1. The van der Waals surface area contributed by atoms with Gasteiger partial charge in [-0.3, -0.25) is 4.79 Å². The first-order valence-corrected chi connectivity index (χ1v) is 9.51. The smallest absolute Gasteiger partial charge is 0.220 e. The van der Waals surface area contributed by atoms with Gasteiger partial charge in [-0.05, 0) is 38.2 Å². The normalized spacial score (nSPS) is 15.2. The molecule has 1 fully saturated rings. The highest BCUT2D eigenvalue weighted by Crippen LogP contribution is 2.27. The third-order valence-corrected chi connectivity index (χ3v) is 4.53. The molecule has 5 nitrogen and oxygen atoms in total. The highest BCUT2D eigenvalue weighted by Gasteiger charge is 2.17. The van der Waals surface area contributed by atoms with Crippen LogP contribution in [0.3, 0.4) is 0 Å². The van der Waals surface area contributed by atoms with Crippen LogP contribution < -0.4 is 16.0 Å². The highest BCUT2D eigenvalue weighted by molar-refractivity contribution is 5.80. The number of carbonyl (C=O) groups excluding carboxylic acids is 1. The van der Waals surface area contributed by atoms with Gasteiger partial charge < -0.3 is 16.0 Å². The van der Waals surface area contributed by atoms with E-state index in [1.165, 1.54) is 36.8 Å². The van der Waals surface area contributed by atoms with E-state index in [0.717, 1.165) is 12.5 Å². The van der Waals surface area contributed by atoms with Crippen molar-refractivity contribution in [2.24, 2.45) is 10.9 Å². The van der Waals surface area contributed by atoms with Gasteiger partial charge in [0.05, 0.1) is 6.54 Å². The molecule has 3 N–H and O–H groups in total. The number of nitrogens with zero attached hydrogens (tertiary/aromatic N) is 1. The molecule has 5 heteroatoms. The zero-order chi connectivity index (χ0) is 17.9. The Bertz CT molecular complexity index is 565. The number of benzene rings is 1. The van der Waals surface area contributed by atoms with Crippen LogP contribution in [0.2, 0.25) is 0 Å². The molecule has 0 radical (unpaired) electrons. The molecule has 1 aliphatic carbocycles. The predicted molar refractivity (Wildman–Crippen MR) is 104 cm³/mol. The lowest BCUT2D eigenvalue weighted by Crippen LogP contribution is -2.41. The maximum absolute atomic E-state index is 11.9. The Hall–Kier alpha value is -2.04. The number of guanidine groups is 1. The Balaban J connectivity index is 1.69. The minimum atomic E-state index is 0.176. The van der Waals surface area contributed by atoms with Crippen molar-refractivity contribution in [3.63, 3.8) is 0 Å². The maximum atomic E-state index is 11.9. The molecular weight excluding hydrogens is 312 g/mol. The number of hydrogen-bond acceptors (Lipinski definition) is 2. The van der Waals surface area contributed by atoms with Crippen LogP contribution in [-0.2, 0) is 11.3 Å². The number of nitrogens with one attached hydrogen (secondary N) is 3. The molecule has 1 aromatic rings. The van der Waals surface area contributed by atoms with Gasteiger partial charge >= 0.3 is 0 Å². The molecule has 1 amide bonds. The summed E-state index contributed by atoms with van der Waals surface area (Å²) >= 11 is 0. The van der Waals surface area contributed by atoms with Crippen LogP contribution >= 0.6 is 0 Å². The standard InChI is InChI=1S/C20H32N4O/c1-3-21-20(24-15-18-10-6-7-16(2)13-18)23-12-11-22-19(25)14-17-8-4-5-9-17/h6-7,10,13,17H,3-5,8-9,11-12,14-15H2,1-2H3,(H,22,25)(H2,21,23,24). The van der Waals surface area contributed by atoms with Crippen LogP contribution in [-0.4, -0.2) is 31.5 Å². The van der Waals surface area contributed by atoms with Crippen molar-refractivity contribution in [3.8, 4) is 0 Å². The van der Waals surface area contributed by atoms with Gasteiger partial charge in [-0.1, -0.05) is 42.7 Å². The summed E-state index contributed by atoms with van der Waals surface area (Å²) in [4.78, 5) is 16.5. The topological polar surface area (TPSA) is 65.5 Å². The first-order valence-electron chi connectivity index (χ1n) is 9.51. The highest BCUT2D eigenvalue weighted by atomic mass is 16.1. The number of rotatable bonds is 8. The molecular formula is C20H32N4O. The van der Waals surface area contributed by atoms with Gasteiger partial charge in [-0.15, -0.1) is 0 Å². The minimum Gasteiger partial charge on any atom is -0.357 e. The summed E-state index contributed by atoms with van der Waals surface area (Å²) in [6.45, 7) is 6.90.